The molecule has 0 aromatic carbocycles. The third-order valence-corrected chi connectivity index (χ3v) is 9.44. The molecule has 0 aromatic heterocycles. The lowest BCUT2D eigenvalue weighted by atomic mass is 9.65. The highest BCUT2D eigenvalue weighted by molar-refractivity contribution is 5.98. The van der Waals surface area contributed by atoms with Crippen LogP contribution in [0.2, 0.25) is 0 Å². The van der Waals surface area contributed by atoms with Crippen molar-refractivity contribution in [3.63, 3.8) is 0 Å². The monoisotopic (exact) mass is 546 g/mol. The molecule has 0 aliphatic carbocycles. The summed E-state index contributed by atoms with van der Waals surface area (Å²) in [5.41, 5.74) is -1.96. The van der Waals surface area contributed by atoms with E-state index in [1.807, 2.05) is 20.8 Å². The Bertz CT molecular complexity index is 908. The Morgan fingerprint density at radius 2 is 1.95 bits per heavy atom. The topological polar surface area (TPSA) is 96.4 Å². The number of aliphatic hydroxyl groups is 1. The van der Waals surface area contributed by atoms with Crippen molar-refractivity contribution in [3.8, 4) is 0 Å². The zero-order chi connectivity index (χ0) is 28.8. The van der Waals surface area contributed by atoms with Crippen molar-refractivity contribution in [1.29, 1.82) is 0 Å². The van der Waals surface area contributed by atoms with Crippen molar-refractivity contribution in [2.45, 2.75) is 109 Å². The van der Waals surface area contributed by atoms with Gasteiger partial charge in [-0.15, -0.1) is 13.2 Å². The number of hydrogen-bond acceptors (Lipinski definition) is 6. The first kappa shape index (κ1) is 31.3. The number of unbranched alkanes of at least 4 members (excludes halogenated alkanes) is 3. The van der Waals surface area contributed by atoms with Crippen LogP contribution in [-0.4, -0.2) is 82.3 Å². The fourth-order valence-corrected chi connectivity index (χ4v) is 7.13. The van der Waals surface area contributed by atoms with Crippen LogP contribution in [0.5, 0.6) is 0 Å². The van der Waals surface area contributed by atoms with Crippen LogP contribution in [0.15, 0.2) is 25.3 Å². The average molecular weight is 547 g/mol. The molecular weight excluding hydrogens is 496 g/mol. The van der Waals surface area contributed by atoms with E-state index >= 15 is 0 Å². The van der Waals surface area contributed by atoms with Crippen LogP contribution in [0.4, 0.5) is 0 Å². The Balaban J connectivity index is 2.08. The molecule has 0 saturated carbocycles. The smallest absolute Gasteiger partial charge is 0.312 e. The van der Waals surface area contributed by atoms with Crippen molar-refractivity contribution in [3.05, 3.63) is 25.3 Å². The van der Waals surface area contributed by atoms with E-state index < -0.39 is 41.1 Å². The number of likely N-dealkylation sites (tertiary alicyclic amines) is 1. The van der Waals surface area contributed by atoms with Crippen molar-refractivity contribution in [2.24, 2.45) is 17.8 Å². The Morgan fingerprint density at radius 3 is 2.54 bits per heavy atom. The minimum absolute atomic E-state index is 0.0425. The molecule has 220 valence electrons. The molecule has 0 radical (unpaired) electrons. The summed E-state index contributed by atoms with van der Waals surface area (Å²) in [5, 5.41) is 10.5. The van der Waals surface area contributed by atoms with Gasteiger partial charge < -0.3 is 24.4 Å². The van der Waals surface area contributed by atoms with Gasteiger partial charge in [0, 0.05) is 13.1 Å². The standard InChI is InChI=1S/C31H50N2O6/c1-7-12-14-19-32(18-9-3)28(36)26-31-17-16-30(11-5,39-31)25(29(37)38-20-15-13-8-2)24(31)27(35)33(26)23(21-34)22(6)10-4/h8-9,22-26,34H,2-3,7,10-21H2,1,4-6H3/t22-,23-,24-,25-,26?,30+,31?/m0/s1. The number of amides is 2. The van der Waals surface area contributed by atoms with Gasteiger partial charge in [0.1, 0.15) is 17.6 Å². The van der Waals surface area contributed by atoms with E-state index in [9.17, 15) is 19.5 Å². The van der Waals surface area contributed by atoms with Gasteiger partial charge in [-0.2, -0.15) is 0 Å². The first-order chi connectivity index (χ1) is 18.7. The molecule has 8 heteroatoms. The number of carbonyl (C=O) groups is 3. The van der Waals surface area contributed by atoms with E-state index in [1.54, 1.807) is 22.0 Å². The zero-order valence-corrected chi connectivity index (χ0v) is 24.5. The molecule has 2 bridgehead atoms. The van der Waals surface area contributed by atoms with Gasteiger partial charge in [0.05, 0.1) is 30.8 Å². The van der Waals surface area contributed by atoms with Gasteiger partial charge in [0.2, 0.25) is 11.8 Å². The molecule has 3 aliphatic rings. The van der Waals surface area contributed by atoms with Crippen LogP contribution >= 0.6 is 0 Å². The van der Waals surface area contributed by atoms with E-state index in [-0.39, 0.29) is 30.9 Å². The SMILES string of the molecule is C=CCCCOC(=O)[C@@H]1[C@H]2C(=O)N([C@@H](CO)[C@@H](C)CC)C(C(=O)N(CC=C)CCCCC)C23CC[C@@]1(CC)O3. The molecule has 1 N–H and O–H groups in total. The van der Waals surface area contributed by atoms with Gasteiger partial charge in [-0.25, -0.2) is 0 Å². The summed E-state index contributed by atoms with van der Waals surface area (Å²) < 4.78 is 12.5. The van der Waals surface area contributed by atoms with E-state index in [2.05, 4.69) is 20.1 Å². The number of nitrogens with zero attached hydrogens (tertiary/aromatic N) is 2. The molecule has 3 fully saturated rings. The van der Waals surface area contributed by atoms with E-state index in [1.165, 1.54) is 0 Å². The highest BCUT2D eigenvalue weighted by Gasteiger charge is 2.79. The van der Waals surface area contributed by atoms with Gasteiger partial charge in [-0.05, 0) is 44.4 Å². The van der Waals surface area contributed by atoms with Crippen molar-refractivity contribution < 1.29 is 29.0 Å². The molecule has 7 atom stereocenters. The molecular formula is C31H50N2O6. The normalized spacial score (nSPS) is 30.6. The van der Waals surface area contributed by atoms with E-state index in [4.69, 9.17) is 9.47 Å². The van der Waals surface area contributed by atoms with Crippen LogP contribution in [0, 0.1) is 17.8 Å². The summed E-state index contributed by atoms with van der Waals surface area (Å²) >= 11 is 0. The summed E-state index contributed by atoms with van der Waals surface area (Å²) in [5.74, 6) is -2.52. The number of allylic oxidation sites excluding steroid dienone is 1. The zero-order valence-electron chi connectivity index (χ0n) is 24.5. The highest BCUT2D eigenvalue weighted by atomic mass is 16.6. The third-order valence-electron chi connectivity index (χ3n) is 9.44. The Kier molecular flexibility index (Phi) is 10.8. The second kappa shape index (κ2) is 13.4. The van der Waals surface area contributed by atoms with Crippen LogP contribution in [0.25, 0.3) is 0 Å². The van der Waals surface area contributed by atoms with Gasteiger partial charge in [-0.1, -0.05) is 59.1 Å². The van der Waals surface area contributed by atoms with Crippen LogP contribution in [0.3, 0.4) is 0 Å². The molecule has 3 aliphatic heterocycles. The van der Waals surface area contributed by atoms with Crippen molar-refractivity contribution in [1.82, 2.24) is 9.80 Å². The van der Waals surface area contributed by atoms with Crippen LogP contribution in [-0.2, 0) is 23.9 Å². The molecule has 0 aromatic rings. The molecule has 2 unspecified atom stereocenters. The maximum atomic E-state index is 14.5. The Morgan fingerprint density at radius 1 is 1.21 bits per heavy atom. The van der Waals surface area contributed by atoms with E-state index in [0.717, 1.165) is 32.1 Å². The van der Waals surface area contributed by atoms with Gasteiger partial charge in [0.25, 0.3) is 0 Å². The second-order valence-electron chi connectivity index (χ2n) is 11.6. The predicted octanol–water partition coefficient (Wildman–Crippen LogP) is 4.26. The summed E-state index contributed by atoms with van der Waals surface area (Å²) in [6.45, 7) is 16.6. The summed E-state index contributed by atoms with van der Waals surface area (Å²) in [6.07, 6.45) is 10.1. The van der Waals surface area contributed by atoms with Gasteiger partial charge >= 0.3 is 5.97 Å². The quantitative estimate of drug-likeness (QED) is 0.166. The third kappa shape index (κ3) is 5.56. The molecule has 1 spiro atoms. The lowest BCUT2D eigenvalue weighted by Gasteiger charge is -2.41. The van der Waals surface area contributed by atoms with Crippen LogP contribution in [0.1, 0.15) is 85.5 Å². The molecule has 3 rings (SSSR count). The number of ether oxygens (including phenoxy) is 2. The molecule has 3 heterocycles. The fraction of sp³-hybridized carbons (Fsp3) is 0.774. The molecule has 8 nitrogen and oxygen atoms in total. The fourth-order valence-electron chi connectivity index (χ4n) is 7.13. The highest BCUT2D eigenvalue weighted by Crippen LogP contribution is 2.65. The molecule has 3 saturated heterocycles. The van der Waals surface area contributed by atoms with Gasteiger partial charge in [-0.3, -0.25) is 14.4 Å². The first-order valence-electron chi connectivity index (χ1n) is 15.0. The number of aliphatic hydroxyl groups excluding tert-OH is 1. The largest absolute Gasteiger partial charge is 0.465 e. The minimum atomic E-state index is -1.12. The Labute approximate surface area is 234 Å². The number of esters is 1. The number of rotatable bonds is 17. The maximum Gasteiger partial charge on any atom is 0.312 e. The average Bonchev–Trinajstić information content (AvgIpc) is 3.54. The summed E-state index contributed by atoms with van der Waals surface area (Å²) in [7, 11) is 0. The molecule has 2 amide bonds. The first-order valence-corrected chi connectivity index (χ1v) is 15.0. The maximum absolute atomic E-state index is 14.5. The predicted molar refractivity (Wildman–Crippen MR) is 151 cm³/mol. The lowest BCUT2D eigenvalue weighted by Crippen LogP contribution is -2.60. The molecule has 39 heavy (non-hydrogen) atoms. The summed E-state index contributed by atoms with van der Waals surface area (Å²) in [6, 6.07) is -1.46. The lowest BCUT2D eigenvalue weighted by molar-refractivity contribution is -0.164. The van der Waals surface area contributed by atoms with Crippen molar-refractivity contribution in [2.75, 3.05) is 26.3 Å². The summed E-state index contributed by atoms with van der Waals surface area (Å²) in [4.78, 5) is 45.9. The van der Waals surface area contributed by atoms with Crippen molar-refractivity contribution >= 4 is 17.8 Å². The number of carbonyl (C=O) groups excluding carboxylic acids is 3. The second-order valence-corrected chi connectivity index (χ2v) is 11.6. The van der Waals surface area contributed by atoms with E-state index in [0.29, 0.717) is 38.8 Å². The number of fused-ring (bicyclic) bond motifs is 1. The van der Waals surface area contributed by atoms with Crippen LogP contribution < -0.4 is 0 Å². The number of hydrogen-bond donors (Lipinski definition) is 1. The Hall–Kier alpha value is -2.19. The van der Waals surface area contributed by atoms with Gasteiger partial charge in [0.15, 0.2) is 0 Å². The minimum Gasteiger partial charge on any atom is -0.465 e.